The van der Waals surface area contributed by atoms with Crippen molar-refractivity contribution in [1.29, 1.82) is 0 Å². The fraction of sp³-hybridized carbons (Fsp3) is 0.556. The van der Waals surface area contributed by atoms with Crippen LogP contribution >= 0.6 is 0 Å². The number of nitrogens with zero attached hydrogens (tertiary/aromatic N) is 1. The van der Waals surface area contributed by atoms with Gasteiger partial charge in [-0.05, 0) is 43.4 Å². The summed E-state index contributed by atoms with van der Waals surface area (Å²) in [5.41, 5.74) is 3.02. The molecule has 2 unspecified atom stereocenters. The highest BCUT2D eigenvalue weighted by Crippen LogP contribution is 2.29. The Balaban J connectivity index is 1.60. The summed E-state index contributed by atoms with van der Waals surface area (Å²) in [6.45, 7) is 4.72. The van der Waals surface area contributed by atoms with Crippen molar-refractivity contribution in [2.24, 2.45) is 11.8 Å². The van der Waals surface area contributed by atoms with E-state index >= 15 is 0 Å². The highest BCUT2D eigenvalue weighted by atomic mass is 32.2. The van der Waals surface area contributed by atoms with Gasteiger partial charge in [0.05, 0.1) is 17.4 Å². The van der Waals surface area contributed by atoms with Crippen LogP contribution < -0.4 is 10.2 Å². The molecule has 3 rings (SSSR count). The molecule has 2 saturated heterocycles. The van der Waals surface area contributed by atoms with Gasteiger partial charge in [-0.1, -0.05) is 12.1 Å². The smallest absolute Gasteiger partial charge is 0.227 e. The van der Waals surface area contributed by atoms with E-state index in [9.17, 15) is 18.0 Å². The first-order chi connectivity index (χ1) is 11.8. The second kappa shape index (κ2) is 6.78. The second-order valence-corrected chi connectivity index (χ2v) is 9.37. The van der Waals surface area contributed by atoms with Gasteiger partial charge in [0.15, 0.2) is 9.84 Å². The summed E-state index contributed by atoms with van der Waals surface area (Å²) in [5, 5.41) is 2.84. The van der Waals surface area contributed by atoms with Crippen molar-refractivity contribution in [1.82, 2.24) is 5.32 Å². The lowest BCUT2D eigenvalue weighted by Gasteiger charge is -2.20. The molecule has 2 atom stereocenters. The van der Waals surface area contributed by atoms with Crippen molar-refractivity contribution in [3.63, 3.8) is 0 Å². The van der Waals surface area contributed by atoms with E-state index in [0.717, 1.165) is 16.8 Å². The summed E-state index contributed by atoms with van der Waals surface area (Å²) < 4.78 is 23.0. The molecule has 0 saturated carbocycles. The van der Waals surface area contributed by atoms with Crippen molar-refractivity contribution in [3.8, 4) is 0 Å². The fourth-order valence-electron chi connectivity index (χ4n) is 3.57. The standard InChI is InChI=1S/C18H24N2O4S/c1-12-4-3-5-16(13(12)2)20-10-15(8-17(20)21)18(22)19-9-14-6-7-25(23,24)11-14/h3-5,14-15H,6-11H2,1-2H3,(H,19,22). The summed E-state index contributed by atoms with van der Waals surface area (Å²) in [4.78, 5) is 26.5. The predicted octanol–water partition coefficient (Wildman–Crippen LogP) is 1.21. The molecule has 0 spiro atoms. The van der Waals surface area contributed by atoms with Crippen LogP contribution in [0.25, 0.3) is 0 Å². The SMILES string of the molecule is Cc1cccc(N2CC(C(=O)NCC3CCS(=O)(=O)C3)CC2=O)c1C. The van der Waals surface area contributed by atoms with Gasteiger partial charge in [0, 0.05) is 25.2 Å². The number of hydrogen-bond donors (Lipinski definition) is 1. The number of rotatable bonds is 4. The minimum absolute atomic E-state index is 0.0128. The Morgan fingerprint density at radius 3 is 2.76 bits per heavy atom. The van der Waals surface area contributed by atoms with Gasteiger partial charge in [-0.15, -0.1) is 0 Å². The second-order valence-electron chi connectivity index (χ2n) is 7.14. The molecule has 0 radical (unpaired) electrons. The Kier molecular flexibility index (Phi) is 4.86. The van der Waals surface area contributed by atoms with Crippen LogP contribution in [0.4, 0.5) is 5.69 Å². The van der Waals surface area contributed by atoms with Gasteiger partial charge < -0.3 is 10.2 Å². The zero-order valence-electron chi connectivity index (χ0n) is 14.6. The molecule has 0 aromatic heterocycles. The van der Waals surface area contributed by atoms with E-state index in [1.54, 1.807) is 4.90 Å². The Labute approximate surface area is 148 Å². The van der Waals surface area contributed by atoms with Crippen LogP contribution in [0.3, 0.4) is 0 Å². The molecular weight excluding hydrogens is 340 g/mol. The maximum atomic E-state index is 12.4. The number of sulfone groups is 1. The van der Waals surface area contributed by atoms with Gasteiger partial charge in [-0.2, -0.15) is 0 Å². The number of hydrogen-bond acceptors (Lipinski definition) is 4. The first kappa shape index (κ1) is 17.9. The molecule has 0 aliphatic carbocycles. The minimum Gasteiger partial charge on any atom is -0.355 e. The van der Waals surface area contributed by atoms with Gasteiger partial charge in [0.25, 0.3) is 0 Å². The van der Waals surface area contributed by atoms with Gasteiger partial charge in [0.2, 0.25) is 11.8 Å². The molecular formula is C18H24N2O4S. The fourth-order valence-corrected chi connectivity index (χ4v) is 5.43. The van der Waals surface area contributed by atoms with Gasteiger partial charge in [-0.25, -0.2) is 8.42 Å². The van der Waals surface area contributed by atoms with Gasteiger partial charge >= 0.3 is 0 Å². The molecule has 2 amide bonds. The average Bonchev–Trinajstić information content (AvgIpc) is 3.10. The molecule has 2 fully saturated rings. The molecule has 0 bridgehead atoms. The highest BCUT2D eigenvalue weighted by molar-refractivity contribution is 7.91. The Morgan fingerprint density at radius 2 is 2.08 bits per heavy atom. The van der Waals surface area contributed by atoms with Gasteiger partial charge in [0.1, 0.15) is 0 Å². The zero-order valence-corrected chi connectivity index (χ0v) is 15.4. The summed E-state index contributed by atoms with van der Waals surface area (Å²) >= 11 is 0. The summed E-state index contributed by atoms with van der Waals surface area (Å²) in [6.07, 6.45) is 0.795. The number of amides is 2. The summed E-state index contributed by atoms with van der Waals surface area (Å²) in [6, 6.07) is 5.82. The summed E-state index contributed by atoms with van der Waals surface area (Å²) in [7, 11) is -2.94. The topological polar surface area (TPSA) is 83.6 Å². The molecule has 25 heavy (non-hydrogen) atoms. The largest absolute Gasteiger partial charge is 0.355 e. The summed E-state index contributed by atoms with van der Waals surface area (Å²) in [5.74, 6) is -0.254. The normalized spacial score (nSPS) is 25.4. The van der Waals surface area contributed by atoms with Crippen LogP contribution in [-0.4, -0.2) is 44.8 Å². The molecule has 2 aliphatic heterocycles. The van der Waals surface area contributed by atoms with Crippen LogP contribution in [-0.2, 0) is 19.4 Å². The Hall–Kier alpha value is -1.89. The molecule has 1 N–H and O–H groups in total. The molecule has 7 heteroatoms. The Bertz CT molecular complexity index is 803. The van der Waals surface area contributed by atoms with E-state index in [-0.39, 0.29) is 41.6 Å². The van der Waals surface area contributed by atoms with Crippen molar-refractivity contribution >= 4 is 27.3 Å². The van der Waals surface area contributed by atoms with E-state index in [4.69, 9.17) is 0 Å². The van der Waals surface area contributed by atoms with Crippen LogP contribution in [0.2, 0.25) is 0 Å². The monoisotopic (exact) mass is 364 g/mol. The lowest BCUT2D eigenvalue weighted by molar-refractivity contribution is -0.126. The number of carbonyl (C=O) groups is 2. The average molecular weight is 364 g/mol. The lowest BCUT2D eigenvalue weighted by atomic mass is 10.1. The van der Waals surface area contributed by atoms with Crippen LogP contribution in [0.5, 0.6) is 0 Å². The molecule has 2 aliphatic rings. The van der Waals surface area contributed by atoms with E-state index in [1.807, 2.05) is 32.0 Å². The van der Waals surface area contributed by atoms with E-state index in [1.165, 1.54) is 0 Å². The zero-order chi connectivity index (χ0) is 18.2. The number of benzene rings is 1. The van der Waals surface area contributed by atoms with Crippen molar-refractivity contribution < 1.29 is 18.0 Å². The highest BCUT2D eigenvalue weighted by Gasteiger charge is 2.36. The van der Waals surface area contributed by atoms with Crippen LogP contribution in [0.1, 0.15) is 24.0 Å². The van der Waals surface area contributed by atoms with Crippen molar-refractivity contribution in [2.75, 3.05) is 29.5 Å². The van der Waals surface area contributed by atoms with Gasteiger partial charge in [-0.3, -0.25) is 9.59 Å². The first-order valence-electron chi connectivity index (χ1n) is 8.61. The first-order valence-corrected chi connectivity index (χ1v) is 10.4. The van der Waals surface area contributed by atoms with E-state index in [0.29, 0.717) is 19.5 Å². The number of carbonyl (C=O) groups excluding carboxylic acids is 2. The predicted molar refractivity (Wildman–Crippen MR) is 96.1 cm³/mol. The molecule has 136 valence electrons. The minimum atomic E-state index is -2.94. The van der Waals surface area contributed by atoms with E-state index in [2.05, 4.69) is 5.32 Å². The molecule has 1 aromatic carbocycles. The molecule has 2 heterocycles. The quantitative estimate of drug-likeness (QED) is 0.870. The third kappa shape index (κ3) is 3.86. The number of anilines is 1. The number of nitrogens with one attached hydrogen (secondary N) is 1. The van der Waals surface area contributed by atoms with Crippen molar-refractivity contribution in [2.45, 2.75) is 26.7 Å². The third-order valence-corrected chi connectivity index (χ3v) is 7.09. The van der Waals surface area contributed by atoms with Crippen LogP contribution in [0, 0.1) is 25.7 Å². The molecule has 6 nitrogen and oxygen atoms in total. The maximum Gasteiger partial charge on any atom is 0.227 e. The van der Waals surface area contributed by atoms with E-state index < -0.39 is 9.84 Å². The maximum absolute atomic E-state index is 12.4. The molecule has 1 aromatic rings. The number of aryl methyl sites for hydroxylation is 1. The van der Waals surface area contributed by atoms with Crippen LogP contribution in [0.15, 0.2) is 18.2 Å². The third-order valence-electron chi connectivity index (χ3n) is 5.25. The lowest BCUT2D eigenvalue weighted by Crippen LogP contribution is -2.36. The van der Waals surface area contributed by atoms with Crippen molar-refractivity contribution in [3.05, 3.63) is 29.3 Å². The Morgan fingerprint density at radius 1 is 1.32 bits per heavy atom.